The average molecular weight is 303 g/mol. The summed E-state index contributed by atoms with van der Waals surface area (Å²) in [6.07, 6.45) is 0. The van der Waals surface area contributed by atoms with Crippen molar-refractivity contribution in [2.45, 2.75) is 25.9 Å². The summed E-state index contributed by atoms with van der Waals surface area (Å²) in [4.78, 5) is 20.5. The Bertz CT molecular complexity index is 654. The zero-order valence-corrected chi connectivity index (χ0v) is 13.0. The number of phenolic OH excluding ortho intramolecular Hbond substituents is 1. The third-order valence-electron chi connectivity index (χ3n) is 2.77. The minimum absolute atomic E-state index is 0.132. The monoisotopic (exact) mass is 303 g/mol. The zero-order valence-electron chi connectivity index (χ0n) is 12.2. The van der Waals surface area contributed by atoms with Crippen molar-refractivity contribution < 1.29 is 9.90 Å². The van der Waals surface area contributed by atoms with Crippen LogP contribution >= 0.6 is 11.8 Å². The highest BCUT2D eigenvalue weighted by Crippen LogP contribution is 2.20. The lowest BCUT2D eigenvalue weighted by Gasteiger charge is -2.07. The van der Waals surface area contributed by atoms with Gasteiger partial charge in [-0.25, -0.2) is 9.97 Å². The van der Waals surface area contributed by atoms with E-state index in [0.29, 0.717) is 10.8 Å². The molecule has 0 bridgehead atoms. The van der Waals surface area contributed by atoms with E-state index >= 15 is 0 Å². The molecule has 2 rings (SSSR count). The molecule has 110 valence electrons. The molecule has 1 aromatic carbocycles. The summed E-state index contributed by atoms with van der Waals surface area (Å²) in [5, 5.41) is 12.8. The van der Waals surface area contributed by atoms with Crippen molar-refractivity contribution in [3.63, 3.8) is 0 Å². The largest absolute Gasteiger partial charge is 0.508 e. The van der Waals surface area contributed by atoms with Crippen LogP contribution in [0.15, 0.2) is 29.4 Å². The molecule has 0 aliphatic carbocycles. The minimum atomic E-state index is -0.132. The highest BCUT2D eigenvalue weighted by atomic mass is 32.2. The molecule has 1 aromatic heterocycles. The SMILES string of the molecule is Cc1cc(C)nc(SCC(=O)Nc2ccc(O)c(C)c2)n1. The highest BCUT2D eigenvalue weighted by Gasteiger charge is 2.07. The molecule has 6 heteroatoms. The number of nitrogens with zero attached hydrogens (tertiary/aromatic N) is 2. The van der Waals surface area contributed by atoms with Gasteiger partial charge in [-0.3, -0.25) is 4.79 Å². The smallest absolute Gasteiger partial charge is 0.234 e. The number of benzene rings is 1. The van der Waals surface area contributed by atoms with Gasteiger partial charge in [-0.1, -0.05) is 11.8 Å². The van der Waals surface area contributed by atoms with Crippen LogP contribution < -0.4 is 5.32 Å². The number of aryl methyl sites for hydroxylation is 3. The number of thioether (sulfide) groups is 1. The van der Waals surface area contributed by atoms with E-state index in [9.17, 15) is 9.90 Å². The minimum Gasteiger partial charge on any atom is -0.508 e. The van der Waals surface area contributed by atoms with Gasteiger partial charge in [-0.15, -0.1) is 0 Å². The Labute approximate surface area is 127 Å². The van der Waals surface area contributed by atoms with E-state index in [0.717, 1.165) is 17.0 Å². The van der Waals surface area contributed by atoms with Gasteiger partial charge in [0.05, 0.1) is 5.75 Å². The molecule has 0 saturated heterocycles. The third kappa shape index (κ3) is 4.46. The van der Waals surface area contributed by atoms with Gasteiger partial charge in [-0.05, 0) is 50.6 Å². The summed E-state index contributed by atoms with van der Waals surface area (Å²) in [7, 11) is 0. The van der Waals surface area contributed by atoms with Gasteiger partial charge in [0.25, 0.3) is 0 Å². The first-order chi connectivity index (χ1) is 9.94. The fourth-order valence-corrected chi connectivity index (χ4v) is 2.57. The number of aromatic hydroxyl groups is 1. The number of carbonyl (C=O) groups excluding carboxylic acids is 1. The van der Waals surface area contributed by atoms with Crippen molar-refractivity contribution in [3.8, 4) is 5.75 Å². The van der Waals surface area contributed by atoms with Gasteiger partial charge in [0, 0.05) is 17.1 Å². The lowest BCUT2D eigenvalue weighted by Crippen LogP contribution is -2.14. The van der Waals surface area contributed by atoms with Crippen LogP contribution in [0.5, 0.6) is 5.75 Å². The summed E-state index contributed by atoms with van der Waals surface area (Å²) in [5.41, 5.74) is 3.16. The van der Waals surface area contributed by atoms with E-state index in [1.54, 1.807) is 25.1 Å². The number of phenols is 1. The van der Waals surface area contributed by atoms with Gasteiger partial charge in [0.2, 0.25) is 5.91 Å². The Morgan fingerprint density at radius 1 is 1.19 bits per heavy atom. The number of aromatic nitrogens is 2. The number of rotatable bonds is 4. The van der Waals surface area contributed by atoms with Crippen molar-refractivity contribution in [2.24, 2.45) is 0 Å². The van der Waals surface area contributed by atoms with Crippen molar-refractivity contribution in [1.29, 1.82) is 0 Å². The number of carbonyl (C=O) groups is 1. The second kappa shape index (κ2) is 6.58. The van der Waals surface area contributed by atoms with Crippen LogP contribution in [0.2, 0.25) is 0 Å². The lowest BCUT2D eigenvalue weighted by atomic mass is 10.2. The van der Waals surface area contributed by atoms with E-state index in [4.69, 9.17) is 0 Å². The van der Waals surface area contributed by atoms with Crippen molar-refractivity contribution in [1.82, 2.24) is 9.97 Å². The van der Waals surface area contributed by atoms with Crippen LogP contribution in [0, 0.1) is 20.8 Å². The van der Waals surface area contributed by atoms with Crippen LogP contribution in [0.3, 0.4) is 0 Å². The summed E-state index contributed by atoms with van der Waals surface area (Å²) in [6, 6.07) is 6.85. The molecule has 0 radical (unpaired) electrons. The van der Waals surface area contributed by atoms with E-state index in [-0.39, 0.29) is 17.4 Å². The maximum Gasteiger partial charge on any atom is 0.234 e. The summed E-state index contributed by atoms with van der Waals surface area (Å²) in [6.45, 7) is 5.58. The Hall–Kier alpha value is -2.08. The Morgan fingerprint density at radius 3 is 2.48 bits per heavy atom. The highest BCUT2D eigenvalue weighted by molar-refractivity contribution is 7.99. The van der Waals surface area contributed by atoms with E-state index in [1.165, 1.54) is 11.8 Å². The van der Waals surface area contributed by atoms with Crippen LogP contribution in [0.25, 0.3) is 0 Å². The van der Waals surface area contributed by atoms with Gasteiger partial charge in [-0.2, -0.15) is 0 Å². The predicted octanol–water partition coefficient (Wildman–Crippen LogP) is 2.84. The zero-order chi connectivity index (χ0) is 15.4. The number of anilines is 1. The Balaban J connectivity index is 1.94. The average Bonchev–Trinajstić information content (AvgIpc) is 2.40. The van der Waals surface area contributed by atoms with Crippen molar-refractivity contribution in [3.05, 3.63) is 41.2 Å². The number of amides is 1. The van der Waals surface area contributed by atoms with Crippen LogP contribution in [-0.2, 0) is 4.79 Å². The van der Waals surface area contributed by atoms with Crippen molar-refractivity contribution in [2.75, 3.05) is 11.1 Å². The molecular weight excluding hydrogens is 286 g/mol. The standard InChI is InChI=1S/C15H17N3O2S/c1-9-6-12(4-5-13(9)19)18-14(20)8-21-15-16-10(2)7-11(3)17-15/h4-7,19H,8H2,1-3H3,(H,18,20). The first-order valence-electron chi connectivity index (χ1n) is 6.48. The molecule has 0 unspecified atom stereocenters. The van der Waals surface area contributed by atoms with E-state index < -0.39 is 0 Å². The molecular formula is C15H17N3O2S. The summed E-state index contributed by atoms with van der Waals surface area (Å²) >= 11 is 1.30. The second-order valence-corrected chi connectivity index (χ2v) is 5.71. The summed E-state index contributed by atoms with van der Waals surface area (Å²) < 4.78 is 0. The van der Waals surface area contributed by atoms with Gasteiger partial charge in [0.15, 0.2) is 5.16 Å². The molecule has 0 spiro atoms. The number of hydrogen-bond acceptors (Lipinski definition) is 5. The van der Waals surface area contributed by atoms with Crippen molar-refractivity contribution >= 4 is 23.4 Å². The Kier molecular flexibility index (Phi) is 4.80. The van der Waals surface area contributed by atoms with Gasteiger partial charge < -0.3 is 10.4 Å². The predicted molar refractivity (Wildman–Crippen MR) is 83.7 cm³/mol. The molecule has 21 heavy (non-hydrogen) atoms. The van der Waals surface area contributed by atoms with Crippen LogP contribution in [-0.4, -0.2) is 26.7 Å². The van der Waals surface area contributed by atoms with Gasteiger partial charge in [0.1, 0.15) is 5.75 Å². The third-order valence-corrected chi connectivity index (χ3v) is 3.62. The van der Waals surface area contributed by atoms with E-state index in [1.807, 2.05) is 19.9 Å². The molecule has 0 aliphatic heterocycles. The normalized spacial score (nSPS) is 10.4. The van der Waals surface area contributed by atoms with Gasteiger partial charge >= 0.3 is 0 Å². The van der Waals surface area contributed by atoms with E-state index in [2.05, 4.69) is 15.3 Å². The fraction of sp³-hybridized carbons (Fsp3) is 0.267. The quantitative estimate of drug-likeness (QED) is 0.516. The molecule has 0 saturated carbocycles. The molecule has 0 aliphatic rings. The maximum absolute atomic E-state index is 11.9. The maximum atomic E-state index is 11.9. The lowest BCUT2D eigenvalue weighted by molar-refractivity contribution is -0.113. The molecule has 0 fully saturated rings. The fourth-order valence-electron chi connectivity index (χ4n) is 1.82. The number of nitrogens with one attached hydrogen (secondary N) is 1. The first kappa shape index (κ1) is 15.3. The molecule has 2 N–H and O–H groups in total. The molecule has 5 nitrogen and oxygen atoms in total. The van der Waals surface area contributed by atoms with Crippen LogP contribution in [0.1, 0.15) is 17.0 Å². The molecule has 0 atom stereocenters. The summed E-state index contributed by atoms with van der Waals surface area (Å²) in [5.74, 6) is 0.321. The van der Waals surface area contributed by atoms with Crippen LogP contribution in [0.4, 0.5) is 5.69 Å². The molecule has 1 amide bonds. The number of hydrogen-bond donors (Lipinski definition) is 2. The Morgan fingerprint density at radius 2 is 1.86 bits per heavy atom. The molecule has 1 heterocycles. The topological polar surface area (TPSA) is 75.1 Å². The first-order valence-corrected chi connectivity index (χ1v) is 7.47. The molecule has 2 aromatic rings. The second-order valence-electron chi connectivity index (χ2n) is 4.77.